The lowest BCUT2D eigenvalue weighted by Gasteiger charge is -2.14. The lowest BCUT2D eigenvalue weighted by molar-refractivity contribution is 0.0790. The molecule has 1 aliphatic rings. The molecule has 1 saturated carbocycles. The Morgan fingerprint density at radius 3 is 2.69 bits per heavy atom. The first-order valence-corrected chi connectivity index (χ1v) is 5.34. The summed E-state index contributed by atoms with van der Waals surface area (Å²) in [6.45, 7) is 2.03. The van der Waals surface area contributed by atoms with Gasteiger partial charge in [0.2, 0.25) is 0 Å². The highest BCUT2D eigenvalue weighted by Gasteiger charge is 2.30. The van der Waals surface area contributed by atoms with Crippen LogP contribution in [-0.2, 0) is 0 Å². The van der Waals surface area contributed by atoms with Crippen molar-refractivity contribution in [3.05, 3.63) is 21.9 Å². The van der Waals surface area contributed by atoms with Gasteiger partial charge in [0.15, 0.2) is 0 Å². The molecule has 1 fully saturated rings. The molecule has 0 bridgehead atoms. The Balaban J connectivity index is 2.11. The molecule has 2 rings (SSSR count). The number of thiophene rings is 1. The van der Waals surface area contributed by atoms with Crippen molar-refractivity contribution in [2.75, 3.05) is 7.05 Å². The fraction of sp³-hybridized carbons (Fsp3) is 0.500. The van der Waals surface area contributed by atoms with Gasteiger partial charge in [0.05, 0.1) is 4.88 Å². The first-order valence-electron chi connectivity index (χ1n) is 4.52. The molecule has 2 nitrogen and oxygen atoms in total. The third-order valence-corrected chi connectivity index (χ3v) is 3.35. The largest absolute Gasteiger partial charge is 0.338 e. The number of hydrogen-bond acceptors (Lipinski definition) is 2. The number of nitrogens with zero attached hydrogens (tertiary/aromatic N) is 1. The summed E-state index contributed by atoms with van der Waals surface area (Å²) in [4.78, 5) is 15.7. The molecule has 1 aliphatic carbocycles. The van der Waals surface area contributed by atoms with E-state index < -0.39 is 0 Å². The van der Waals surface area contributed by atoms with Gasteiger partial charge in [-0.05, 0) is 31.9 Å². The topological polar surface area (TPSA) is 20.3 Å². The molecule has 1 aromatic rings. The van der Waals surface area contributed by atoms with E-state index >= 15 is 0 Å². The summed E-state index contributed by atoms with van der Waals surface area (Å²) in [5, 5.41) is 0. The van der Waals surface area contributed by atoms with Crippen LogP contribution in [0.25, 0.3) is 0 Å². The fourth-order valence-electron chi connectivity index (χ4n) is 1.35. The Hall–Kier alpha value is -0.830. The van der Waals surface area contributed by atoms with Crippen molar-refractivity contribution in [1.29, 1.82) is 0 Å². The van der Waals surface area contributed by atoms with Crippen LogP contribution in [0.1, 0.15) is 27.4 Å². The van der Waals surface area contributed by atoms with E-state index in [0.717, 1.165) is 4.88 Å². The highest BCUT2D eigenvalue weighted by atomic mass is 32.1. The molecule has 0 aliphatic heterocycles. The number of amides is 1. The Morgan fingerprint density at radius 2 is 2.23 bits per heavy atom. The molecule has 1 aromatic heterocycles. The molecule has 1 amide bonds. The number of hydrogen-bond donors (Lipinski definition) is 0. The molecule has 13 heavy (non-hydrogen) atoms. The van der Waals surface area contributed by atoms with Gasteiger partial charge in [-0.25, -0.2) is 0 Å². The van der Waals surface area contributed by atoms with E-state index in [9.17, 15) is 4.79 Å². The van der Waals surface area contributed by atoms with Crippen molar-refractivity contribution in [2.45, 2.75) is 25.8 Å². The molecule has 1 heterocycles. The SMILES string of the molecule is Cc1ccc(C(=O)N(C)C2CC2)s1. The monoisotopic (exact) mass is 195 g/mol. The second-order valence-electron chi connectivity index (χ2n) is 3.56. The molecule has 0 radical (unpaired) electrons. The van der Waals surface area contributed by atoms with Crippen LogP contribution in [-0.4, -0.2) is 23.9 Å². The van der Waals surface area contributed by atoms with E-state index in [2.05, 4.69) is 0 Å². The minimum atomic E-state index is 0.181. The lowest BCUT2D eigenvalue weighted by atomic mass is 10.4. The zero-order chi connectivity index (χ0) is 9.42. The van der Waals surface area contributed by atoms with Crippen LogP contribution in [0.3, 0.4) is 0 Å². The van der Waals surface area contributed by atoms with Crippen LogP contribution in [0.5, 0.6) is 0 Å². The van der Waals surface area contributed by atoms with Gasteiger partial charge >= 0.3 is 0 Å². The Bertz CT molecular complexity index is 327. The summed E-state index contributed by atoms with van der Waals surface area (Å²) in [6, 6.07) is 4.43. The van der Waals surface area contributed by atoms with Crippen LogP contribution in [0.15, 0.2) is 12.1 Å². The minimum absolute atomic E-state index is 0.181. The van der Waals surface area contributed by atoms with Gasteiger partial charge in [0, 0.05) is 18.0 Å². The number of aryl methyl sites for hydroxylation is 1. The van der Waals surface area contributed by atoms with Gasteiger partial charge in [-0.1, -0.05) is 0 Å². The molecule has 0 unspecified atom stereocenters. The summed E-state index contributed by atoms with van der Waals surface area (Å²) >= 11 is 1.58. The number of rotatable bonds is 2. The van der Waals surface area contributed by atoms with Crippen LogP contribution in [0, 0.1) is 6.92 Å². The smallest absolute Gasteiger partial charge is 0.263 e. The number of carbonyl (C=O) groups is 1. The van der Waals surface area contributed by atoms with E-state index in [1.54, 1.807) is 11.3 Å². The van der Waals surface area contributed by atoms with Crippen molar-refractivity contribution in [2.24, 2.45) is 0 Å². The average Bonchev–Trinajstić information content (AvgIpc) is 2.87. The first kappa shape index (κ1) is 8.75. The highest BCUT2D eigenvalue weighted by Crippen LogP contribution is 2.28. The minimum Gasteiger partial charge on any atom is -0.338 e. The maximum atomic E-state index is 11.8. The van der Waals surface area contributed by atoms with Crippen molar-refractivity contribution < 1.29 is 4.79 Å². The Kier molecular flexibility index (Phi) is 2.12. The van der Waals surface area contributed by atoms with Crippen molar-refractivity contribution in [3.8, 4) is 0 Å². The second kappa shape index (κ2) is 3.14. The van der Waals surface area contributed by atoms with E-state index in [4.69, 9.17) is 0 Å². The zero-order valence-corrected chi connectivity index (χ0v) is 8.73. The molecule has 0 atom stereocenters. The third-order valence-electron chi connectivity index (χ3n) is 2.37. The van der Waals surface area contributed by atoms with Crippen molar-refractivity contribution in [1.82, 2.24) is 4.90 Å². The summed E-state index contributed by atoms with van der Waals surface area (Å²) < 4.78 is 0. The summed E-state index contributed by atoms with van der Waals surface area (Å²) in [6.07, 6.45) is 2.35. The van der Waals surface area contributed by atoms with E-state index in [0.29, 0.717) is 6.04 Å². The van der Waals surface area contributed by atoms with Gasteiger partial charge < -0.3 is 4.90 Å². The van der Waals surface area contributed by atoms with Gasteiger partial charge in [-0.2, -0.15) is 0 Å². The standard InChI is InChI=1S/C10H13NOS/c1-7-3-6-9(13-7)10(12)11(2)8-4-5-8/h3,6,8H,4-5H2,1-2H3. The normalized spacial score (nSPS) is 15.8. The molecule has 0 aromatic carbocycles. The average molecular weight is 195 g/mol. The van der Waals surface area contributed by atoms with Crippen LogP contribution in [0.4, 0.5) is 0 Å². The quantitative estimate of drug-likeness (QED) is 0.709. The van der Waals surface area contributed by atoms with E-state index in [-0.39, 0.29) is 5.91 Å². The van der Waals surface area contributed by atoms with Gasteiger partial charge in [0.25, 0.3) is 5.91 Å². The molecule has 3 heteroatoms. The van der Waals surface area contributed by atoms with Crippen molar-refractivity contribution >= 4 is 17.2 Å². The molecule has 0 spiro atoms. The molecule has 70 valence electrons. The molecular weight excluding hydrogens is 182 g/mol. The lowest BCUT2D eigenvalue weighted by Crippen LogP contribution is -2.27. The second-order valence-corrected chi connectivity index (χ2v) is 4.85. The maximum absolute atomic E-state index is 11.8. The Labute approximate surface area is 82.2 Å². The van der Waals surface area contributed by atoms with Crippen molar-refractivity contribution in [3.63, 3.8) is 0 Å². The zero-order valence-electron chi connectivity index (χ0n) is 7.91. The fourth-order valence-corrected chi connectivity index (χ4v) is 2.20. The first-order chi connectivity index (χ1) is 6.18. The van der Waals surface area contributed by atoms with E-state index in [1.165, 1.54) is 17.7 Å². The van der Waals surface area contributed by atoms with Crippen LogP contribution < -0.4 is 0 Å². The highest BCUT2D eigenvalue weighted by molar-refractivity contribution is 7.13. The summed E-state index contributed by atoms with van der Waals surface area (Å²) in [7, 11) is 1.90. The van der Waals surface area contributed by atoms with Gasteiger partial charge in [-0.15, -0.1) is 11.3 Å². The molecule has 0 saturated heterocycles. The van der Waals surface area contributed by atoms with Gasteiger partial charge in [-0.3, -0.25) is 4.79 Å². The van der Waals surface area contributed by atoms with E-state index in [1.807, 2.05) is 31.0 Å². The predicted octanol–water partition coefficient (Wildman–Crippen LogP) is 2.29. The molecule has 0 N–H and O–H groups in total. The Morgan fingerprint density at radius 1 is 1.54 bits per heavy atom. The summed E-state index contributed by atoms with van der Waals surface area (Å²) in [5.41, 5.74) is 0. The molecular formula is C10H13NOS. The maximum Gasteiger partial charge on any atom is 0.263 e. The van der Waals surface area contributed by atoms with Crippen LogP contribution in [0.2, 0.25) is 0 Å². The predicted molar refractivity (Wildman–Crippen MR) is 54.2 cm³/mol. The third kappa shape index (κ3) is 1.75. The summed E-state index contributed by atoms with van der Waals surface area (Å²) in [5.74, 6) is 0.181. The van der Waals surface area contributed by atoms with Gasteiger partial charge in [0.1, 0.15) is 0 Å². The number of carbonyl (C=O) groups excluding carboxylic acids is 1. The van der Waals surface area contributed by atoms with Crippen LogP contribution >= 0.6 is 11.3 Å².